The lowest BCUT2D eigenvalue weighted by molar-refractivity contribution is -0.127. The minimum absolute atomic E-state index is 0.0880. The van der Waals surface area contributed by atoms with E-state index in [0.717, 1.165) is 17.9 Å². The molecule has 0 radical (unpaired) electrons. The Bertz CT molecular complexity index is 376. The van der Waals surface area contributed by atoms with Crippen molar-refractivity contribution >= 4 is 17.5 Å². The Morgan fingerprint density at radius 3 is 2.44 bits per heavy atom. The Hall–Kier alpha value is -1.06. The molecule has 1 rings (SSSR count). The van der Waals surface area contributed by atoms with E-state index in [4.69, 9.17) is 11.6 Å². The van der Waals surface area contributed by atoms with Crippen molar-refractivity contribution in [1.29, 1.82) is 0 Å². The van der Waals surface area contributed by atoms with Crippen LogP contribution in [0.4, 0.5) is 0 Å². The summed E-state index contributed by atoms with van der Waals surface area (Å²) >= 11 is 5.88. The molecule has 0 fully saturated rings. The van der Waals surface area contributed by atoms with Crippen LogP contribution < -0.4 is 5.32 Å². The number of nitrogens with one attached hydrogen (secondary N) is 1. The molecule has 0 aliphatic rings. The number of hydrogen-bond acceptors (Lipinski definition) is 2. The first-order valence-electron chi connectivity index (χ1n) is 6.23. The van der Waals surface area contributed by atoms with E-state index in [1.165, 1.54) is 5.56 Å². The largest absolute Gasteiger partial charge is 0.348 e. The number of amides is 1. The summed E-state index contributed by atoms with van der Waals surface area (Å²) in [4.78, 5) is 13.2. The molecule has 0 heterocycles. The smallest absolute Gasteiger partial charge is 0.236 e. The van der Waals surface area contributed by atoms with Crippen LogP contribution in [0.25, 0.3) is 0 Å². The highest BCUT2D eigenvalue weighted by Gasteiger charge is 2.12. The van der Waals surface area contributed by atoms with E-state index in [9.17, 15) is 4.79 Å². The fourth-order valence-electron chi connectivity index (χ4n) is 1.74. The lowest BCUT2D eigenvalue weighted by Gasteiger charge is -2.20. The first-order chi connectivity index (χ1) is 8.54. The maximum absolute atomic E-state index is 11.6. The number of rotatable bonds is 6. The van der Waals surface area contributed by atoms with Gasteiger partial charge >= 0.3 is 0 Å². The molecule has 18 heavy (non-hydrogen) atoms. The van der Waals surface area contributed by atoms with Crippen molar-refractivity contribution in [2.24, 2.45) is 0 Å². The number of benzene rings is 1. The molecule has 0 aliphatic heterocycles. The molecule has 0 aliphatic carbocycles. The molecule has 1 aromatic carbocycles. The van der Waals surface area contributed by atoms with Crippen LogP contribution >= 0.6 is 11.6 Å². The van der Waals surface area contributed by atoms with Crippen molar-refractivity contribution in [1.82, 2.24) is 10.2 Å². The van der Waals surface area contributed by atoms with Crippen LogP contribution in [-0.2, 0) is 4.79 Å². The first kappa shape index (κ1) is 15.0. The van der Waals surface area contributed by atoms with Crippen molar-refractivity contribution in [3.8, 4) is 0 Å². The molecule has 100 valence electrons. The average molecular weight is 269 g/mol. The summed E-state index contributed by atoms with van der Waals surface area (Å²) in [5, 5.41) is 4.04. The zero-order valence-corrected chi connectivity index (χ0v) is 12.0. The molecule has 0 saturated heterocycles. The topological polar surface area (TPSA) is 32.3 Å². The van der Waals surface area contributed by atoms with Gasteiger partial charge in [0, 0.05) is 25.2 Å². The summed E-state index contributed by atoms with van der Waals surface area (Å²) in [5.74, 6) is 0.0880. The second-order valence-electron chi connectivity index (χ2n) is 4.56. The summed E-state index contributed by atoms with van der Waals surface area (Å²) in [7, 11) is 3.53. The zero-order valence-electron chi connectivity index (χ0n) is 11.2. The number of carbonyl (C=O) groups excluding carboxylic acids is 1. The molecular weight excluding hydrogens is 248 g/mol. The number of hydrogen-bond donors (Lipinski definition) is 1. The Morgan fingerprint density at radius 1 is 1.33 bits per heavy atom. The molecule has 0 bridgehead atoms. The molecule has 1 atom stereocenters. The SMILES string of the molecule is CCCC(NCC(=O)N(C)C)c1ccc(Cl)cc1. The van der Waals surface area contributed by atoms with Gasteiger partial charge in [-0.25, -0.2) is 0 Å². The Kier molecular flexibility index (Phi) is 6.16. The monoisotopic (exact) mass is 268 g/mol. The third-order valence-corrected chi connectivity index (χ3v) is 3.10. The van der Waals surface area contributed by atoms with Gasteiger partial charge in [-0.2, -0.15) is 0 Å². The van der Waals surface area contributed by atoms with Crippen LogP contribution in [-0.4, -0.2) is 31.4 Å². The third-order valence-electron chi connectivity index (χ3n) is 2.85. The summed E-state index contributed by atoms with van der Waals surface area (Å²) in [6.45, 7) is 2.50. The highest BCUT2D eigenvalue weighted by atomic mass is 35.5. The van der Waals surface area contributed by atoms with Crippen LogP contribution in [0.3, 0.4) is 0 Å². The molecule has 1 amide bonds. The lowest BCUT2D eigenvalue weighted by atomic mass is 10.0. The molecule has 0 saturated carbocycles. The number of likely N-dealkylation sites (N-methyl/N-ethyl adjacent to an activating group) is 1. The normalized spacial score (nSPS) is 12.2. The number of nitrogens with zero attached hydrogens (tertiary/aromatic N) is 1. The Morgan fingerprint density at radius 2 is 1.94 bits per heavy atom. The van der Waals surface area contributed by atoms with Crippen LogP contribution in [0, 0.1) is 0 Å². The van der Waals surface area contributed by atoms with Crippen LogP contribution in [0.1, 0.15) is 31.4 Å². The second kappa shape index (κ2) is 7.39. The summed E-state index contributed by atoms with van der Waals surface area (Å²) in [5.41, 5.74) is 1.17. The minimum Gasteiger partial charge on any atom is -0.348 e. The van der Waals surface area contributed by atoms with E-state index in [2.05, 4.69) is 12.2 Å². The van der Waals surface area contributed by atoms with Gasteiger partial charge in [0.25, 0.3) is 0 Å². The maximum atomic E-state index is 11.6. The van der Waals surface area contributed by atoms with E-state index >= 15 is 0 Å². The minimum atomic E-state index is 0.0880. The van der Waals surface area contributed by atoms with Gasteiger partial charge < -0.3 is 10.2 Å². The van der Waals surface area contributed by atoms with Crippen LogP contribution in [0.15, 0.2) is 24.3 Å². The Labute approximate surface area is 114 Å². The van der Waals surface area contributed by atoms with Gasteiger partial charge in [0.1, 0.15) is 0 Å². The standard InChI is InChI=1S/C14H21ClN2O/c1-4-5-13(16-10-14(18)17(2)3)11-6-8-12(15)9-7-11/h6-9,13,16H,4-5,10H2,1-3H3. The van der Waals surface area contributed by atoms with Gasteiger partial charge in [0.05, 0.1) is 6.54 Å². The molecule has 0 aromatic heterocycles. The fraction of sp³-hybridized carbons (Fsp3) is 0.500. The van der Waals surface area contributed by atoms with E-state index in [1.54, 1.807) is 19.0 Å². The van der Waals surface area contributed by atoms with E-state index in [0.29, 0.717) is 6.54 Å². The Balaban J connectivity index is 2.65. The molecule has 1 unspecified atom stereocenters. The summed E-state index contributed by atoms with van der Waals surface area (Å²) in [6.07, 6.45) is 2.07. The van der Waals surface area contributed by atoms with Gasteiger partial charge in [0.2, 0.25) is 5.91 Å². The van der Waals surface area contributed by atoms with Gasteiger partial charge in [-0.05, 0) is 24.1 Å². The fourth-order valence-corrected chi connectivity index (χ4v) is 1.86. The van der Waals surface area contributed by atoms with Crippen LogP contribution in [0.2, 0.25) is 5.02 Å². The van der Waals surface area contributed by atoms with E-state index in [-0.39, 0.29) is 11.9 Å². The highest BCUT2D eigenvalue weighted by molar-refractivity contribution is 6.30. The van der Waals surface area contributed by atoms with Gasteiger partial charge in [-0.15, -0.1) is 0 Å². The molecule has 1 aromatic rings. The number of carbonyl (C=O) groups is 1. The van der Waals surface area contributed by atoms with Gasteiger partial charge in [-0.1, -0.05) is 37.1 Å². The predicted octanol–water partition coefficient (Wildman–Crippen LogP) is 2.86. The lowest BCUT2D eigenvalue weighted by Crippen LogP contribution is -2.35. The quantitative estimate of drug-likeness (QED) is 0.860. The highest BCUT2D eigenvalue weighted by Crippen LogP contribution is 2.20. The number of halogens is 1. The van der Waals surface area contributed by atoms with Gasteiger partial charge in [0.15, 0.2) is 0 Å². The average Bonchev–Trinajstić information content (AvgIpc) is 2.35. The molecule has 1 N–H and O–H groups in total. The second-order valence-corrected chi connectivity index (χ2v) is 5.00. The molecule has 4 heteroatoms. The van der Waals surface area contributed by atoms with Crippen molar-refractivity contribution in [2.75, 3.05) is 20.6 Å². The molecule has 3 nitrogen and oxygen atoms in total. The van der Waals surface area contributed by atoms with Crippen molar-refractivity contribution in [2.45, 2.75) is 25.8 Å². The summed E-state index contributed by atoms with van der Waals surface area (Å²) < 4.78 is 0. The maximum Gasteiger partial charge on any atom is 0.236 e. The van der Waals surface area contributed by atoms with E-state index in [1.807, 2.05) is 24.3 Å². The van der Waals surface area contributed by atoms with Gasteiger partial charge in [-0.3, -0.25) is 4.79 Å². The first-order valence-corrected chi connectivity index (χ1v) is 6.61. The summed E-state index contributed by atoms with van der Waals surface area (Å²) in [6, 6.07) is 7.99. The van der Waals surface area contributed by atoms with Crippen molar-refractivity contribution in [3.05, 3.63) is 34.9 Å². The van der Waals surface area contributed by atoms with E-state index < -0.39 is 0 Å². The molecular formula is C14H21ClN2O. The molecule has 0 spiro atoms. The van der Waals surface area contributed by atoms with Crippen LogP contribution in [0.5, 0.6) is 0 Å². The predicted molar refractivity (Wildman–Crippen MR) is 75.8 cm³/mol. The van der Waals surface area contributed by atoms with Crippen molar-refractivity contribution in [3.63, 3.8) is 0 Å². The third kappa shape index (κ3) is 4.67. The zero-order chi connectivity index (χ0) is 13.5. The van der Waals surface area contributed by atoms with Crippen molar-refractivity contribution < 1.29 is 4.79 Å².